The molecule has 4 nitrogen and oxygen atoms in total. The number of nitrogens with zero attached hydrogens (tertiary/aromatic N) is 2. The second kappa shape index (κ2) is 6.57. The maximum atomic E-state index is 11.8. The molecule has 0 aliphatic rings. The van der Waals surface area contributed by atoms with Crippen molar-refractivity contribution in [3.8, 4) is 0 Å². The standard InChI is InChI=1S/C17H23N3O/c1-5-6-11-20-15-10-8-7-9-14(15)19-16(20)13(4)18-17(21)12(2)3/h7-10,13H,2,5-6,11H2,1,3-4H3,(H,18,21). The lowest BCUT2D eigenvalue weighted by atomic mass is 10.2. The Morgan fingerprint density at radius 3 is 2.81 bits per heavy atom. The van der Waals surface area contributed by atoms with E-state index < -0.39 is 0 Å². The van der Waals surface area contributed by atoms with Gasteiger partial charge < -0.3 is 9.88 Å². The molecule has 1 heterocycles. The Morgan fingerprint density at radius 2 is 2.14 bits per heavy atom. The van der Waals surface area contributed by atoms with Crippen molar-refractivity contribution in [2.75, 3.05) is 0 Å². The van der Waals surface area contributed by atoms with Crippen molar-refractivity contribution >= 4 is 16.9 Å². The molecule has 0 aliphatic carbocycles. The molecule has 0 saturated carbocycles. The van der Waals surface area contributed by atoms with Gasteiger partial charge in [0, 0.05) is 12.1 Å². The van der Waals surface area contributed by atoms with Crippen LogP contribution in [0.4, 0.5) is 0 Å². The van der Waals surface area contributed by atoms with Crippen LogP contribution in [0.3, 0.4) is 0 Å². The zero-order valence-corrected chi connectivity index (χ0v) is 13.0. The molecule has 1 aromatic carbocycles. The van der Waals surface area contributed by atoms with Crippen LogP contribution in [0.15, 0.2) is 36.4 Å². The maximum absolute atomic E-state index is 11.8. The first-order valence-electron chi connectivity index (χ1n) is 7.46. The highest BCUT2D eigenvalue weighted by atomic mass is 16.1. The number of carbonyl (C=O) groups is 1. The normalized spacial score (nSPS) is 12.3. The van der Waals surface area contributed by atoms with Gasteiger partial charge in [-0.2, -0.15) is 0 Å². The van der Waals surface area contributed by atoms with Gasteiger partial charge in [0.1, 0.15) is 5.82 Å². The van der Waals surface area contributed by atoms with E-state index in [9.17, 15) is 4.79 Å². The van der Waals surface area contributed by atoms with E-state index in [-0.39, 0.29) is 11.9 Å². The quantitative estimate of drug-likeness (QED) is 0.824. The van der Waals surface area contributed by atoms with E-state index in [1.165, 1.54) is 0 Å². The minimum atomic E-state index is -0.140. The first-order valence-corrected chi connectivity index (χ1v) is 7.46. The molecule has 1 N–H and O–H groups in total. The van der Waals surface area contributed by atoms with Crippen LogP contribution in [0.2, 0.25) is 0 Å². The number of rotatable bonds is 6. The van der Waals surface area contributed by atoms with Crippen molar-refractivity contribution in [2.45, 2.75) is 46.2 Å². The molecule has 0 fully saturated rings. The molecule has 0 spiro atoms. The second-order valence-corrected chi connectivity index (χ2v) is 5.44. The molecule has 0 radical (unpaired) electrons. The third kappa shape index (κ3) is 3.32. The second-order valence-electron chi connectivity index (χ2n) is 5.44. The topological polar surface area (TPSA) is 46.9 Å². The Morgan fingerprint density at radius 1 is 1.43 bits per heavy atom. The number of unbranched alkanes of at least 4 members (excludes halogenated alkanes) is 1. The number of para-hydroxylation sites is 2. The predicted molar refractivity (Wildman–Crippen MR) is 86.0 cm³/mol. The van der Waals surface area contributed by atoms with Crippen molar-refractivity contribution in [3.05, 3.63) is 42.2 Å². The van der Waals surface area contributed by atoms with Gasteiger partial charge in [0.05, 0.1) is 17.1 Å². The average molecular weight is 285 g/mol. The van der Waals surface area contributed by atoms with E-state index in [0.717, 1.165) is 36.2 Å². The number of nitrogens with one attached hydrogen (secondary N) is 1. The van der Waals surface area contributed by atoms with Crippen molar-refractivity contribution in [2.24, 2.45) is 0 Å². The zero-order valence-electron chi connectivity index (χ0n) is 13.0. The molecular formula is C17H23N3O. The number of amides is 1. The molecule has 112 valence electrons. The number of carbonyl (C=O) groups excluding carboxylic acids is 1. The molecule has 1 aromatic heterocycles. The lowest BCUT2D eigenvalue weighted by Gasteiger charge is -2.16. The smallest absolute Gasteiger partial charge is 0.246 e. The first kappa shape index (κ1) is 15.3. The number of hydrogen-bond donors (Lipinski definition) is 1. The Hall–Kier alpha value is -2.10. The molecule has 1 unspecified atom stereocenters. The Bertz CT molecular complexity index is 657. The Labute approximate surface area is 125 Å². The van der Waals surface area contributed by atoms with Crippen LogP contribution in [-0.2, 0) is 11.3 Å². The zero-order chi connectivity index (χ0) is 15.4. The highest BCUT2D eigenvalue weighted by Gasteiger charge is 2.18. The fourth-order valence-corrected chi connectivity index (χ4v) is 2.36. The van der Waals surface area contributed by atoms with Gasteiger partial charge in [-0.3, -0.25) is 4.79 Å². The molecule has 4 heteroatoms. The Kier molecular flexibility index (Phi) is 4.78. The lowest BCUT2D eigenvalue weighted by molar-refractivity contribution is -0.118. The summed E-state index contributed by atoms with van der Waals surface area (Å²) < 4.78 is 2.21. The van der Waals surface area contributed by atoms with Gasteiger partial charge in [-0.15, -0.1) is 0 Å². The van der Waals surface area contributed by atoms with E-state index in [1.54, 1.807) is 6.92 Å². The van der Waals surface area contributed by atoms with Crippen LogP contribution in [-0.4, -0.2) is 15.5 Å². The van der Waals surface area contributed by atoms with Crippen LogP contribution in [0.25, 0.3) is 11.0 Å². The summed E-state index contributed by atoms with van der Waals surface area (Å²) in [5.74, 6) is 0.774. The number of hydrogen-bond acceptors (Lipinski definition) is 2. The highest BCUT2D eigenvalue weighted by molar-refractivity contribution is 5.92. The summed E-state index contributed by atoms with van der Waals surface area (Å²) in [5, 5.41) is 2.95. The number of aromatic nitrogens is 2. The van der Waals surface area contributed by atoms with Gasteiger partial charge in [-0.05, 0) is 32.4 Å². The molecule has 1 atom stereocenters. The van der Waals surface area contributed by atoms with Crippen molar-refractivity contribution in [3.63, 3.8) is 0 Å². The summed E-state index contributed by atoms with van der Waals surface area (Å²) in [6, 6.07) is 7.95. The lowest BCUT2D eigenvalue weighted by Crippen LogP contribution is -2.29. The molecule has 1 amide bonds. The average Bonchev–Trinajstić information content (AvgIpc) is 2.83. The van der Waals surface area contributed by atoms with Crippen LogP contribution < -0.4 is 5.32 Å². The molecular weight excluding hydrogens is 262 g/mol. The summed E-state index contributed by atoms with van der Waals surface area (Å²) in [4.78, 5) is 16.5. The van der Waals surface area contributed by atoms with E-state index in [0.29, 0.717) is 5.57 Å². The molecule has 0 saturated heterocycles. The summed E-state index contributed by atoms with van der Waals surface area (Å²) >= 11 is 0. The molecule has 0 aliphatic heterocycles. The molecule has 2 aromatic rings. The largest absolute Gasteiger partial charge is 0.343 e. The number of imidazole rings is 1. The van der Waals surface area contributed by atoms with E-state index in [1.807, 2.05) is 25.1 Å². The van der Waals surface area contributed by atoms with Crippen molar-refractivity contribution in [1.29, 1.82) is 0 Å². The first-order chi connectivity index (χ1) is 10.0. The van der Waals surface area contributed by atoms with Crippen LogP contribution in [0.5, 0.6) is 0 Å². The minimum absolute atomic E-state index is 0.128. The fourth-order valence-electron chi connectivity index (χ4n) is 2.36. The van der Waals surface area contributed by atoms with Gasteiger partial charge in [0.15, 0.2) is 0 Å². The minimum Gasteiger partial charge on any atom is -0.343 e. The monoisotopic (exact) mass is 285 g/mol. The number of benzene rings is 1. The summed E-state index contributed by atoms with van der Waals surface area (Å²) in [5.41, 5.74) is 2.61. The maximum Gasteiger partial charge on any atom is 0.246 e. The Balaban J connectivity index is 2.36. The van der Waals surface area contributed by atoms with E-state index >= 15 is 0 Å². The van der Waals surface area contributed by atoms with Gasteiger partial charge in [-0.25, -0.2) is 4.98 Å². The number of aryl methyl sites for hydroxylation is 1. The fraction of sp³-hybridized carbons (Fsp3) is 0.412. The number of fused-ring (bicyclic) bond motifs is 1. The van der Waals surface area contributed by atoms with Gasteiger partial charge in [0.25, 0.3) is 0 Å². The van der Waals surface area contributed by atoms with Crippen molar-refractivity contribution < 1.29 is 4.79 Å². The van der Waals surface area contributed by atoms with Crippen LogP contribution in [0.1, 0.15) is 45.5 Å². The van der Waals surface area contributed by atoms with Gasteiger partial charge >= 0.3 is 0 Å². The SMILES string of the molecule is C=C(C)C(=O)NC(C)c1nc2ccccc2n1CCCC. The van der Waals surface area contributed by atoms with E-state index in [2.05, 4.69) is 29.5 Å². The summed E-state index contributed by atoms with van der Waals surface area (Å²) in [7, 11) is 0. The van der Waals surface area contributed by atoms with Gasteiger partial charge in [0.2, 0.25) is 5.91 Å². The summed E-state index contributed by atoms with van der Waals surface area (Å²) in [6.45, 7) is 10.4. The molecule has 0 bridgehead atoms. The summed E-state index contributed by atoms with van der Waals surface area (Å²) in [6.07, 6.45) is 2.22. The van der Waals surface area contributed by atoms with Gasteiger partial charge in [-0.1, -0.05) is 32.1 Å². The molecule has 2 rings (SSSR count). The van der Waals surface area contributed by atoms with Crippen LogP contribution in [0, 0.1) is 0 Å². The van der Waals surface area contributed by atoms with Crippen molar-refractivity contribution in [1.82, 2.24) is 14.9 Å². The molecule has 21 heavy (non-hydrogen) atoms. The third-order valence-electron chi connectivity index (χ3n) is 3.54. The van der Waals surface area contributed by atoms with Crippen LogP contribution >= 0.6 is 0 Å². The predicted octanol–water partition coefficient (Wildman–Crippen LogP) is 3.59. The van der Waals surface area contributed by atoms with E-state index in [4.69, 9.17) is 4.98 Å². The third-order valence-corrected chi connectivity index (χ3v) is 3.54. The highest BCUT2D eigenvalue weighted by Crippen LogP contribution is 2.21.